The van der Waals surface area contributed by atoms with Crippen molar-refractivity contribution in [2.75, 3.05) is 51.3 Å². The maximum Gasteiger partial charge on any atom is 0.253 e. The summed E-state index contributed by atoms with van der Waals surface area (Å²) >= 11 is 0. The third kappa shape index (κ3) is 4.12. The van der Waals surface area contributed by atoms with Crippen LogP contribution in [-0.4, -0.2) is 73.1 Å². The lowest BCUT2D eigenvalue weighted by atomic mass is 10.0. The van der Waals surface area contributed by atoms with E-state index in [0.29, 0.717) is 11.9 Å². The molecule has 0 atom stereocenters. The van der Waals surface area contributed by atoms with Crippen LogP contribution in [0.4, 0.5) is 5.69 Å². The Bertz CT molecular complexity index is 765. The van der Waals surface area contributed by atoms with Gasteiger partial charge >= 0.3 is 0 Å². The predicted molar refractivity (Wildman–Crippen MR) is 110 cm³/mol. The molecule has 0 saturated carbocycles. The van der Waals surface area contributed by atoms with E-state index in [1.807, 2.05) is 47.5 Å². The number of ether oxygens (including phenoxy) is 1. The smallest absolute Gasteiger partial charge is 0.253 e. The monoisotopic (exact) mass is 380 g/mol. The number of piperazine rings is 1. The number of amides is 1. The zero-order chi connectivity index (χ0) is 19.3. The van der Waals surface area contributed by atoms with Gasteiger partial charge in [0, 0.05) is 56.9 Å². The van der Waals surface area contributed by atoms with Crippen molar-refractivity contribution in [3.8, 4) is 5.88 Å². The number of aromatic nitrogens is 1. The Balaban J connectivity index is 1.26. The highest BCUT2D eigenvalue weighted by atomic mass is 16.5. The molecule has 2 aliphatic rings. The summed E-state index contributed by atoms with van der Waals surface area (Å²) in [6.07, 6.45) is 4.01. The number of benzene rings is 1. The Hall–Kier alpha value is -2.60. The standard InChI is InChI=1S/C22H28N4O2/c1-28-21-8-7-20(17-23-21)25-15-13-24(14-16-25)19-9-11-26(12-10-19)22(27)18-5-3-2-4-6-18/h2-8,17,19H,9-16H2,1H3. The second-order valence-electron chi connectivity index (χ2n) is 7.47. The Morgan fingerprint density at radius 1 is 0.964 bits per heavy atom. The fraction of sp³-hybridized carbons (Fsp3) is 0.455. The molecule has 2 aromatic rings. The molecule has 148 valence electrons. The van der Waals surface area contributed by atoms with E-state index < -0.39 is 0 Å². The van der Waals surface area contributed by atoms with Gasteiger partial charge in [-0.3, -0.25) is 9.69 Å². The molecule has 1 aromatic heterocycles. The number of pyridine rings is 1. The van der Waals surface area contributed by atoms with Crippen LogP contribution in [0.2, 0.25) is 0 Å². The van der Waals surface area contributed by atoms with Crippen LogP contribution >= 0.6 is 0 Å². The van der Waals surface area contributed by atoms with Crippen molar-refractivity contribution in [1.82, 2.24) is 14.8 Å². The van der Waals surface area contributed by atoms with E-state index in [-0.39, 0.29) is 5.91 Å². The van der Waals surface area contributed by atoms with Crippen molar-refractivity contribution >= 4 is 11.6 Å². The van der Waals surface area contributed by atoms with E-state index in [1.54, 1.807) is 7.11 Å². The molecule has 1 aromatic carbocycles. The van der Waals surface area contributed by atoms with Gasteiger partial charge in [-0.25, -0.2) is 4.98 Å². The molecule has 0 N–H and O–H groups in total. The van der Waals surface area contributed by atoms with Crippen LogP contribution in [0.5, 0.6) is 5.88 Å². The summed E-state index contributed by atoms with van der Waals surface area (Å²) in [4.78, 5) is 23.9. The first-order valence-corrected chi connectivity index (χ1v) is 10.1. The van der Waals surface area contributed by atoms with Crippen LogP contribution in [0.25, 0.3) is 0 Å². The van der Waals surface area contributed by atoms with Crippen molar-refractivity contribution < 1.29 is 9.53 Å². The number of anilines is 1. The minimum Gasteiger partial charge on any atom is -0.481 e. The van der Waals surface area contributed by atoms with Gasteiger partial charge in [0.05, 0.1) is 19.0 Å². The molecule has 2 aliphatic heterocycles. The molecule has 1 amide bonds. The van der Waals surface area contributed by atoms with Crippen LogP contribution in [0.15, 0.2) is 48.7 Å². The van der Waals surface area contributed by atoms with Gasteiger partial charge in [0.15, 0.2) is 0 Å². The predicted octanol–water partition coefficient (Wildman–Crippen LogP) is 2.52. The van der Waals surface area contributed by atoms with Gasteiger partial charge < -0.3 is 14.5 Å². The fourth-order valence-corrected chi connectivity index (χ4v) is 4.22. The van der Waals surface area contributed by atoms with Gasteiger partial charge in [-0.05, 0) is 31.0 Å². The zero-order valence-electron chi connectivity index (χ0n) is 16.5. The number of methoxy groups -OCH3 is 1. The number of rotatable bonds is 4. The molecule has 3 heterocycles. The van der Waals surface area contributed by atoms with Gasteiger partial charge in [-0.15, -0.1) is 0 Å². The Morgan fingerprint density at radius 2 is 1.68 bits per heavy atom. The molecule has 2 saturated heterocycles. The summed E-state index contributed by atoms with van der Waals surface area (Å²) in [6, 6.07) is 14.2. The molecule has 28 heavy (non-hydrogen) atoms. The molecule has 0 unspecified atom stereocenters. The van der Waals surface area contributed by atoms with Crippen molar-refractivity contribution in [2.45, 2.75) is 18.9 Å². The lowest BCUT2D eigenvalue weighted by Gasteiger charge is -2.43. The molecule has 0 aliphatic carbocycles. The average molecular weight is 380 g/mol. The maximum atomic E-state index is 12.6. The van der Waals surface area contributed by atoms with Crippen LogP contribution in [0, 0.1) is 0 Å². The van der Waals surface area contributed by atoms with Gasteiger partial charge in [-0.2, -0.15) is 0 Å². The lowest BCUT2D eigenvalue weighted by Crippen LogP contribution is -2.53. The summed E-state index contributed by atoms with van der Waals surface area (Å²) in [5.41, 5.74) is 1.95. The molecule has 6 heteroatoms. The van der Waals surface area contributed by atoms with E-state index in [4.69, 9.17) is 4.74 Å². The molecule has 2 fully saturated rings. The van der Waals surface area contributed by atoms with Crippen molar-refractivity contribution in [2.24, 2.45) is 0 Å². The highest BCUT2D eigenvalue weighted by Crippen LogP contribution is 2.22. The third-order valence-corrected chi connectivity index (χ3v) is 5.90. The van der Waals surface area contributed by atoms with Crippen molar-refractivity contribution in [1.29, 1.82) is 0 Å². The Morgan fingerprint density at radius 3 is 2.29 bits per heavy atom. The fourth-order valence-electron chi connectivity index (χ4n) is 4.22. The second kappa shape index (κ2) is 8.61. The number of nitrogens with zero attached hydrogens (tertiary/aromatic N) is 4. The van der Waals surface area contributed by atoms with Gasteiger partial charge in [0.1, 0.15) is 0 Å². The highest BCUT2D eigenvalue weighted by molar-refractivity contribution is 5.94. The zero-order valence-corrected chi connectivity index (χ0v) is 16.5. The van der Waals surface area contributed by atoms with E-state index >= 15 is 0 Å². The minimum atomic E-state index is 0.163. The topological polar surface area (TPSA) is 48.9 Å². The van der Waals surface area contributed by atoms with Crippen molar-refractivity contribution in [3.63, 3.8) is 0 Å². The lowest BCUT2D eigenvalue weighted by molar-refractivity contribution is 0.0611. The first-order valence-electron chi connectivity index (χ1n) is 10.1. The summed E-state index contributed by atoms with van der Waals surface area (Å²) in [6.45, 7) is 5.84. The van der Waals surface area contributed by atoms with Crippen LogP contribution < -0.4 is 9.64 Å². The maximum absolute atomic E-state index is 12.6. The number of carbonyl (C=O) groups excluding carboxylic acids is 1. The first kappa shape index (κ1) is 18.7. The van der Waals surface area contributed by atoms with Crippen LogP contribution in [0.1, 0.15) is 23.2 Å². The molecule has 0 bridgehead atoms. The van der Waals surface area contributed by atoms with E-state index in [2.05, 4.69) is 20.9 Å². The number of hydrogen-bond acceptors (Lipinski definition) is 5. The third-order valence-electron chi connectivity index (χ3n) is 5.90. The second-order valence-corrected chi connectivity index (χ2v) is 7.47. The van der Waals surface area contributed by atoms with Crippen LogP contribution in [-0.2, 0) is 0 Å². The van der Waals surface area contributed by atoms with Gasteiger partial charge in [-0.1, -0.05) is 18.2 Å². The molecule has 4 rings (SSSR count). The number of hydrogen-bond donors (Lipinski definition) is 0. The Labute approximate surface area is 166 Å². The molecular formula is C22H28N4O2. The number of carbonyl (C=O) groups is 1. The first-order chi connectivity index (χ1) is 13.7. The number of likely N-dealkylation sites (tertiary alicyclic amines) is 1. The summed E-state index contributed by atoms with van der Waals surface area (Å²) in [5, 5.41) is 0. The molecule has 6 nitrogen and oxygen atoms in total. The van der Waals surface area contributed by atoms with Gasteiger partial charge in [0.25, 0.3) is 5.91 Å². The SMILES string of the molecule is COc1ccc(N2CCN(C3CCN(C(=O)c4ccccc4)CC3)CC2)cn1. The number of piperidine rings is 1. The molecule has 0 spiro atoms. The quantitative estimate of drug-likeness (QED) is 0.816. The summed E-state index contributed by atoms with van der Waals surface area (Å²) in [7, 11) is 1.64. The van der Waals surface area contributed by atoms with Gasteiger partial charge in [0.2, 0.25) is 5.88 Å². The summed E-state index contributed by atoms with van der Waals surface area (Å²) in [5.74, 6) is 0.815. The summed E-state index contributed by atoms with van der Waals surface area (Å²) < 4.78 is 5.14. The minimum absolute atomic E-state index is 0.163. The largest absolute Gasteiger partial charge is 0.481 e. The highest BCUT2D eigenvalue weighted by Gasteiger charge is 2.29. The van der Waals surface area contributed by atoms with E-state index in [0.717, 1.165) is 63.4 Å². The average Bonchev–Trinajstić information content (AvgIpc) is 2.79. The Kier molecular flexibility index (Phi) is 5.76. The molecular weight excluding hydrogens is 352 g/mol. The molecule has 0 radical (unpaired) electrons. The van der Waals surface area contributed by atoms with Crippen LogP contribution in [0.3, 0.4) is 0 Å². The van der Waals surface area contributed by atoms with E-state index in [1.165, 1.54) is 0 Å². The van der Waals surface area contributed by atoms with E-state index in [9.17, 15) is 4.79 Å². The normalized spacial score (nSPS) is 18.9. The van der Waals surface area contributed by atoms with Crippen molar-refractivity contribution in [3.05, 3.63) is 54.2 Å².